The van der Waals surface area contributed by atoms with Gasteiger partial charge in [-0.1, -0.05) is 29.8 Å². The van der Waals surface area contributed by atoms with Crippen LogP contribution in [0.15, 0.2) is 24.3 Å². The number of carbonyl (C=O) groups is 2. The van der Waals surface area contributed by atoms with E-state index < -0.39 is 0 Å². The Hall–Kier alpha value is -1.88. The predicted molar refractivity (Wildman–Crippen MR) is 101 cm³/mol. The number of nitrogens with zero attached hydrogens (tertiary/aromatic N) is 2. The zero-order valence-corrected chi connectivity index (χ0v) is 16.0. The molecule has 2 aliphatic rings. The highest BCUT2D eigenvalue weighted by Crippen LogP contribution is 2.49. The van der Waals surface area contributed by atoms with Crippen LogP contribution in [-0.4, -0.2) is 61.0 Å². The number of carbonyl (C=O) groups excluding carboxylic acids is 2. The van der Waals surface area contributed by atoms with Gasteiger partial charge in [0.1, 0.15) is 0 Å². The molecular weight excluding hydrogens is 328 g/mol. The van der Waals surface area contributed by atoms with Crippen LogP contribution in [0.4, 0.5) is 0 Å². The van der Waals surface area contributed by atoms with Gasteiger partial charge in [-0.2, -0.15) is 0 Å². The molecule has 1 aromatic carbocycles. The summed E-state index contributed by atoms with van der Waals surface area (Å²) in [5.41, 5.74) is 2.04. The van der Waals surface area contributed by atoms with Gasteiger partial charge < -0.3 is 14.5 Å². The number of hydrogen-bond acceptors (Lipinski definition) is 3. The van der Waals surface area contributed by atoms with E-state index in [2.05, 4.69) is 31.2 Å². The van der Waals surface area contributed by atoms with Gasteiger partial charge in [0, 0.05) is 32.8 Å². The lowest BCUT2D eigenvalue weighted by Gasteiger charge is -2.27. The molecule has 1 aliphatic carbocycles. The Bertz CT molecular complexity index is 637. The molecule has 1 aromatic rings. The third kappa shape index (κ3) is 4.09. The van der Waals surface area contributed by atoms with Crippen LogP contribution in [0.25, 0.3) is 0 Å². The SMILES string of the molecule is CCOCCC(=O)N1CCCN(C(=O)C2(c3ccc(C)cc3)CC2)CC1. The molecule has 2 fully saturated rings. The molecule has 0 N–H and O–H groups in total. The van der Waals surface area contributed by atoms with E-state index in [0.717, 1.165) is 37.9 Å². The van der Waals surface area contributed by atoms with E-state index >= 15 is 0 Å². The second-order valence-corrected chi connectivity index (χ2v) is 7.42. The zero-order valence-electron chi connectivity index (χ0n) is 16.0. The maximum atomic E-state index is 13.2. The molecule has 3 rings (SSSR count). The lowest BCUT2D eigenvalue weighted by atomic mass is 9.93. The predicted octanol–water partition coefficient (Wildman–Crippen LogP) is 2.51. The Labute approximate surface area is 156 Å². The summed E-state index contributed by atoms with van der Waals surface area (Å²) in [6.45, 7) is 7.84. The lowest BCUT2D eigenvalue weighted by molar-refractivity contribution is -0.135. The highest BCUT2D eigenvalue weighted by Gasteiger charge is 2.52. The Kier molecular flexibility index (Phi) is 5.97. The van der Waals surface area contributed by atoms with Crippen molar-refractivity contribution in [3.05, 3.63) is 35.4 Å². The largest absolute Gasteiger partial charge is 0.381 e. The normalized spacial score (nSPS) is 19.2. The molecule has 1 aliphatic heterocycles. The maximum Gasteiger partial charge on any atom is 0.233 e. The van der Waals surface area contributed by atoms with Crippen LogP contribution in [0.2, 0.25) is 0 Å². The summed E-state index contributed by atoms with van der Waals surface area (Å²) in [7, 11) is 0. The maximum absolute atomic E-state index is 13.2. The van der Waals surface area contributed by atoms with Gasteiger partial charge in [0.25, 0.3) is 0 Å². The standard InChI is InChI=1S/C21H30N2O3/c1-3-26-16-9-19(24)22-12-4-13-23(15-14-22)20(25)21(10-11-21)18-7-5-17(2)6-8-18/h5-8H,3-4,9-16H2,1-2H3. The molecule has 5 nitrogen and oxygen atoms in total. The number of hydrogen-bond donors (Lipinski definition) is 0. The third-order valence-corrected chi connectivity index (χ3v) is 5.56. The van der Waals surface area contributed by atoms with Crippen molar-refractivity contribution in [2.24, 2.45) is 0 Å². The second kappa shape index (κ2) is 8.21. The Morgan fingerprint density at radius 2 is 1.69 bits per heavy atom. The molecule has 0 atom stereocenters. The molecule has 1 heterocycles. The minimum Gasteiger partial charge on any atom is -0.381 e. The van der Waals surface area contributed by atoms with Crippen LogP contribution in [0.5, 0.6) is 0 Å². The van der Waals surface area contributed by atoms with E-state index in [1.165, 1.54) is 5.56 Å². The quantitative estimate of drug-likeness (QED) is 0.734. The molecule has 0 spiro atoms. The van der Waals surface area contributed by atoms with Gasteiger partial charge >= 0.3 is 0 Å². The second-order valence-electron chi connectivity index (χ2n) is 7.42. The van der Waals surface area contributed by atoms with Gasteiger partial charge in [0.05, 0.1) is 18.4 Å². The molecule has 1 saturated carbocycles. The number of amides is 2. The molecule has 1 saturated heterocycles. The summed E-state index contributed by atoms with van der Waals surface area (Å²) >= 11 is 0. The van der Waals surface area contributed by atoms with E-state index in [4.69, 9.17) is 4.74 Å². The lowest BCUT2D eigenvalue weighted by Crippen LogP contribution is -2.42. The van der Waals surface area contributed by atoms with Gasteiger partial charge in [-0.05, 0) is 38.7 Å². The number of rotatable bonds is 6. The molecule has 0 bridgehead atoms. The smallest absolute Gasteiger partial charge is 0.233 e. The average molecular weight is 358 g/mol. The topological polar surface area (TPSA) is 49.9 Å². The number of benzene rings is 1. The molecule has 2 amide bonds. The minimum atomic E-state index is -0.318. The summed E-state index contributed by atoms with van der Waals surface area (Å²) in [5.74, 6) is 0.373. The van der Waals surface area contributed by atoms with Crippen LogP contribution in [0, 0.1) is 6.92 Å². The Morgan fingerprint density at radius 1 is 1.04 bits per heavy atom. The van der Waals surface area contributed by atoms with Crippen LogP contribution in [-0.2, 0) is 19.7 Å². The molecule has 0 unspecified atom stereocenters. The molecular formula is C21H30N2O3. The first-order valence-corrected chi connectivity index (χ1v) is 9.79. The molecule has 0 radical (unpaired) electrons. The molecule has 5 heteroatoms. The molecule has 0 aromatic heterocycles. The van der Waals surface area contributed by atoms with E-state index in [0.29, 0.717) is 32.7 Å². The zero-order chi connectivity index (χ0) is 18.6. The van der Waals surface area contributed by atoms with Gasteiger partial charge in [0.15, 0.2) is 0 Å². The fourth-order valence-electron chi connectivity index (χ4n) is 3.76. The van der Waals surface area contributed by atoms with Crippen molar-refractivity contribution in [3.63, 3.8) is 0 Å². The van der Waals surface area contributed by atoms with Crippen LogP contribution >= 0.6 is 0 Å². The average Bonchev–Trinajstić information content (AvgIpc) is 3.46. The van der Waals surface area contributed by atoms with Crippen molar-refractivity contribution in [2.75, 3.05) is 39.4 Å². The Morgan fingerprint density at radius 3 is 2.35 bits per heavy atom. The van der Waals surface area contributed by atoms with Crippen LogP contribution < -0.4 is 0 Å². The van der Waals surface area contributed by atoms with E-state index in [-0.39, 0.29) is 17.2 Å². The van der Waals surface area contributed by atoms with Gasteiger partial charge in [0.2, 0.25) is 11.8 Å². The number of aryl methyl sites for hydroxylation is 1. The number of ether oxygens (including phenoxy) is 1. The van der Waals surface area contributed by atoms with Crippen molar-refractivity contribution in [1.29, 1.82) is 0 Å². The van der Waals surface area contributed by atoms with Gasteiger partial charge in [-0.25, -0.2) is 0 Å². The van der Waals surface area contributed by atoms with E-state index in [1.54, 1.807) is 0 Å². The van der Waals surface area contributed by atoms with Crippen molar-refractivity contribution >= 4 is 11.8 Å². The van der Waals surface area contributed by atoms with Gasteiger partial charge in [-0.3, -0.25) is 9.59 Å². The summed E-state index contributed by atoms with van der Waals surface area (Å²) < 4.78 is 5.28. The Balaban J connectivity index is 1.59. The summed E-state index contributed by atoms with van der Waals surface area (Å²) in [5, 5.41) is 0. The third-order valence-electron chi connectivity index (χ3n) is 5.56. The van der Waals surface area contributed by atoms with Crippen molar-refractivity contribution in [3.8, 4) is 0 Å². The van der Waals surface area contributed by atoms with E-state index in [9.17, 15) is 9.59 Å². The van der Waals surface area contributed by atoms with Crippen molar-refractivity contribution in [1.82, 2.24) is 9.80 Å². The molecule has 26 heavy (non-hydrogen) atoms. The summed E-state index contributed by atoms with van der Waals surface area (Å²) in [6.07, 6.45) is 3.13. The monoisotopic (exact) mass is 358 g/mol. The first-order chi connectivity index (χ1) is 12.6. The fraction of sp³-hybridized carbons (Fsp3) is 0.619. The molecule has 142 valence electrons. The highest BCUT2D eigenvalue weighted by atomic mass is 16.5. The fourth-order valence-corrected chi connectivity index (χ4v) is 3.76. The summed E-state index contributed by atoms with van der Waals surface area (Å²) in [6, 6.07) is 8.37. The first-order valence-electron chi connectivity index (χ1n) is 9.79. The highest BCUT2D eigenvalue weighted by molar-refractivity contribution is 5.91. The van der Waals surface area contributed by atoms with Crippen LogP contribution in [0.1, 0.15) is 43.7 Å². The van der Waals surface area contributed by atoms with E-state index in [1.807, 2.05) is 16.7 Å². The van der Waals surface area contributed by atoms with Crippen LogP contribution in [0.3, 0.4) is 0 Å². The first kappa shape index (κ1) is 18.9. The van der Waals surface area contributed by atoms with Crippen molar-refractivity contribution < 1.29 is 14.3 Å². The van der Waals surface area contributed by atoms with Crippen molar-refractivity contribution in [2.45, 2.75) is 44.9 Å². The van der Waals surface area contributed by atoms with Gasteiger partial charge in [-0.15, -0.1) is 0 Å². The minimum absolute atomic E-state index is 0.132. The summed E-state index contributed by atoms with van der Waals surface area (Å²) in [4.78, 5) is 29.4.